The normalized spacial score (nSPS) is 24.6. The number of benzene rings is 1. The molecule has 1 fully saturated rings. The van der Waals surface area contributed by atoms with Gasteiger partial charge in [-0.25, -0.2) is 8.78 Å². The lowest BCUT2D eigenvalue weighted by Gasteiger charge is -2.31. The van der Waals surface area contributed by atoms with Crippen LogP contribution >= 0.6 is 0 Å². The molecule has 2 rings (SSSR count). The van der Waals surface area contributed by atoms with Gasteiger partial charge in [-0.15, -0.1) is 0 Å². The molecule has 3 unspecified atom stereocenters. The van der Waals surface area contributed by atoms with E-state index in [1.165, 1.54) is 50.3 Å². The average molecular weight is 281 g/mol. The van der Waals surface area contributed by atoms with E-state index in [1.54, 1.807) is 0 Å². The van der Waals surface area contributed by atoms with Gasteiger partial charge < -0.3 is 5.32 Å². The topological polar surface area (TPSA) is 12.0 Å². The molecule has 1 aromatic carbocycles. The molecule has 1 aliphatic carbocycles. The van der Waals surface area contributed by atoms with Crippen LogP contribution in [0.4, 0.5) is 8.78 Å². The minimum atomic E-state index is -0.436. The maximum Gasteiger partial charge on any atom is 0.129 e. The summed E-state index contributed by atoms with van der Waals surface area (Å²) in [5, 5.41) is 3.55. The highest BCUT2D eigenvalue weighted by Crippen LogP contribution is 2.27. The molecule has 0 radical (unpaired) electrons. The van der Waals surface area contributed by atoms with E-state index in [1.807, 2.05) is 6.92 Å². The largest absolute Gasteiger partial charge is 0.311 e. The molecule has 1 saturated carbocycles. The summed E-state index contributed by atoms with van der Waals surface area (Å²) in [5.74, 6) is -0.0684. The fourth-order valence-electron chi connectivity index (χ4n) is 3.31. The second-order valence-electron chi connectivity index (χ2n) is 6.11. The zero-order valence-corrected chi connectivity index (χ0v) is 12.5. The molecule has 0 spiro atoms. The van der Waals surface area contributed by atoms with Crippen LogP contribution in [0.3, 0.4) is 0 Å². The van der Waals surface area contributed by atoms with Gasteiger partial charge in [-0.3, -0.25) is 0 Å². The highest BCUT2D eigenvalue weighted by molar-refractivity contribution is 5.20. The van der Waals surface area contributed by atoms with Gasteiger partial charge in [-0.05, 0) is 44.2 Å². The van der Waals surface area contributed by atoms with Gasteiger partial charge in [0.2, 0.25) is 0 Å². The van der Waals surface area contributed by atoms with Crippen molar-refractivity contribution < 1.29 is 8.78 Å². The molecular weight excluding hydrogens is 256 g/mol. The van der Waals surface area contributed by atoms with Gasteiger partial charge in [0.1, 0.15) is 11.6 Å². The number of nitrogens with one attached hydrogen (secondary N) is 1. The first-order chi connectivity index (χ1) is 9.60. The predicted octanol–water partition coefficient (Wildman–Crippen LogP) is 4.45. The van der Waals surface area contributed by atoms with Crippen molar-refractivity contribution in [3.8, 4) is 0 Å². The predicted molar refractivity (Wildman–Crippen MR) is 78.7 cm³/mol. The molecule has 1 aliphatic rings. The van der Waals surface area contributed by atoms with E-state index in [0.29, 0.717) is 12.5 Å². The van der Waals surface area contributed by atoms with Gasteiger partial charge in [0, 0.05) is 17.6 Å². The Kier molecular flexibility index (Phi) is 5.53. The molecule has 0 bridgehead atoms. The van der Waals surface area contributed by atoms with Gasteiger partial charge in [0.05, 0.1) is 0 Å². The van der Waals surface area contributed by atoms with Gasteiger partial charge in [-0.2, -0.15) is 0 Å². The van der Waals surface area contributed by atoms with Gasteiger partial charge in [-0.1, -0.05) is 32.3 Å². The summed E-state index contributed by atoms with van der Waals surface area (Å²) in [6, 6.07) is 4.68. The maximum atomic E-state index is 13.6. The lowest BCUT2D eigenvalue weighted by molar-refractivity contribution is 0.264. The smallest absolute Gasteiger partial charge is 0.129 e. The second kappa shape index (κ2) is 7.16. The van der Waals surface area contributed by atoms with Crippen molar-refractivity contribution in [2.24, 2.45) is 5.92 Å². The first-order valence-corrected chi connectivity index (χ1v) is 7.79. The Labute approximate surface area is 120 Å². The van der Waals surface area contributed by atoms with Crippen molar-refractivity contribution in [3.63, 3.8) is 0 Å². The number of halogens is 2. The zero-order chi connectivity index (χ0) is 14.5. The molecule has 1 aromatic rings. The standard InChI is InChI=1S/C17H25F2N/c1-3-13-6-4-7-14(11-13)20-12(2)10-15-16(18)8-5-9-17(15)19/h5,8-9,12-14,20H,3-4,6-7,10-11H2,1-2H3. The van der Waals surface area contributed by atoms with Crippen LogP contribution in [0.1, 0.15) is 51.5 Å². The van der Waals surface area contributed by atoms with Crippen molar-refractivity contribution in [3.05, 3.63) is 35.4 Å². The average Bonchev–Trinajstić information content (AvgIpc) is 2.43. The summed E-state index contributed by atoms with van der Waals surface area (Å²) < 4.78 is 27.3. The molecular formula is C17H25F2N. The molecule has 0 aliphatic heterocycles. The first kappa shape index (κ1) is 15.4. The fourth-order valence-corrected chi connectivity index (χ4v) is 3.31. The van der Waals surface area contributed by atoms with Crippen LogP contribution in [0, 0.1) is 17.6 Å². The van der Waals surface area contributed by atoms with Crippen molar-refractivity contribution in [1.29, 1.82) is 0 Å². The highest BCUT2D eigenvalue weighted by atomic mass is 19.1. The van der Waals surface area contributed by atoms with Crippen LogP contribution in [0.15, 0.2) is 18.2 Å². The molecule has 3 atom stereocenters. The zero-order valence-electron chi connectivity index (χ0n) is 12.5. The summed E-state index contributed by atoms with van der Waals surface area (Å²) in [6.07, 6.45) is 6.60. The monoisotopic (exact) mass is 281 g/mol. The summed E-state index contributed by atoms with van der Waals surface area (Å²) >= 11 is 0. The third kappa shape index (κ3) is 4.02. The molecule has 1 nitrogen and oxygen atoms in total. The summed E-state index contributed by atoms with van der Waals surface area (Å²) in [4.78, 5) is 0. The minimum Gasteiger partial charge on any atom is -0.311 e. The SMILES string of the molecule is CCC1CCCC(NC(C)Cc2c(F)cccc2F)C1. The van der Waals surface area contributed by atoms with Crippen molar-refractivity contribution in [2.75, 3.05) is 0 Å². The molecule has 0 amide bonds. The van der Waals surface area contributed by atoms with Crippen LogP contribution in [0.25, 0.3) is 0 Å². The Morgan fingerprint density at radius 1 is 1.25 bits per heavy atom. The van der Waals surface area contributed by atoms with Crippen LogP contribution in [-0.2, 0) is 6.42 Å². The Morgan fingerprint density at radius 2 is 1.95 bits per heavy atom. The van der Waals surface area contributed by atoms with Gasteiger partial charge in [0.15, 0.2) is 0 Å². The van der Waals surface area contributed by atoms with Crippen molar-refractivity contribution in [2.45, 2.75) is 64.5 Å². The van der Waals surface area contributed by atoms with E-state index in [2.05, 4.69) is 12.2 Å². The Balaban J connectivity index is 1.90. The van der Waals surface area contributed by atoms with Crippen LogP contribution in [0.2, 0.25) is 0 Å². The van der Waals surface area contributed by atoms with Crippen molar-refractivity contribution in [1.82, 2.24) is 5.32 Å². The molecule has 20 heavy (non-hydrogen) atoms. The minimum absolute atomic E-state index is 0.0991. The van der Waals surface area contributed by atoms with Crippen molar-refractivity contribution >= 4 is 0 Å². The molecule has 0 heterocycles. The van der Waals surface area contributed by atoms with E-state index in [-0.39, 0.29) is 11.6 Å². The number of rotatable bonds is 5. The van der Waals surface area contributed by atoms with E-state index >= 15 is 0 Å². The Bertz CT molecular complexity index is 413. The summed E-state index contributed by atoms with van der Waals surface area (Å²) in [5.41, 5.74) is 0.204. The number of hydrogen-bond acceptors (Lipinski definition) is 1. The maximum absolute atomic E-state index is 13.6. The third-order valence-electron chi connectivity index (χ3n) is 4.45. The molecule has 3 heteroatoms. The summed E-state index contributed by atoms with van der Waals surface area (Å²) in [7, 11) is 0. The van der Waals surface area contributed by atoms with E-state index in [0.717, 1.165) is 5.92 Å². The third-order valence-corrected chi connectivity index (χ3v) is 4.45. The molecule has 0 saturated heterocycles. The molecule has 112 valence electrons. The van der Waals surface area contributed by atoms with E-state index in [4.69, 9.17) is 0 Å². The Hall–Kier alpha value is -0.960. The van der Waals surface area contributed by atoms with E-state index < -0.39 is 11.6 Å². The highest BCUT2D eigenvalue weighted by Gasteiger charge is 2.22. The quantitative estimate of drug-likeness (QED) is 0.840. The first-order valence-electron chi connectivity index (χ1n) is 7.79. The lowest BCUT2D eigenvalue weighted by Crippen LogP contribution is -2.40. The molecule has 0 aromatic heterocycles. The van der Waals surface area contributed by atoms with E-state index in [9.17, 15) is 8.78 Å². The van der Waals surface area contributed by atoms with Gasteiger partial charge >= 0.3 is 0 Å². The van der Waals surface area contributed by atoms with Crippen LogP contribution < -0.4 is 5.32 Å². The van der Waals surface area contributed by atoms with Crippen LogP contribution in [0.5, 0.6) is 0 Å². The Morgan fingerprint density at radius 3 is 2.60 bits per heavy atom. The summed E-state index contributed by atoms with van der Waals surface area (Å²) in [6.45, 7) is 4.26. The van der Waals surface area contributed by atoms with Gasteiger partial charge in [0.25, 0.3) is 0 Å². The lowest BCUT2D eigenvalue weighted by atomic mass is 9.84. The molecule has 1 N–H and O–H groups in total. The van der Waals surface area contributed by atoms with Crippen LogP contribution in [-0.4, -0.2) is 12.1 Å². The fraction of sp³-hybridized carbons (Fsp3) is 0.647. The number of hydrogen-bond donors (Lipinski definition) is 1. The second-order valence-corrected chi connectivity index (χ2v) is 6.11.